The van der Waals surface area contributed by atoms with Gasteiger partial charge in [-0.05, 0) is 222 Å². The van der Waals surface area contributed by atoms with E-state index in [2.05, 4.69) is 107 Å². The summed E-state index contributed by atoms with van der Waals surface area (Å²) >= 11 is 0. The van der Waals surface area contributed by atoms with Crippen LogP contribution in [-0.4, -0.2) is 23.0 Å². The van der Waals surface area contributed by atoms with Crippen molar-refractivity contribution < 1.29 is 0 Å². The normalized spacial score (nSPS) is 39.9. The number of nitrogens with zero attached hydrogens (tertiary/aromatic N) is 2. The molecule has 2 heterocycles. The second-order valence-corrected chi connectivity index (χ2v) is 27.7. The molecule has 14 rings (SSSR count). The number of hydrogen-bond acceptors (Lipinski definition) is 2. The molecule has 11 aliphatic carbocycles. The van der Waals surface area contributed by atoms with Crippen molar-refractivity contribution in [2.75, 3.05) is 4.90 Å². The SMILES string of the molecule is C1=CC(C2CC(C3=CCC(N4C5C=CC(C6CC=C7C(C6)c6ccccc6N7C6=CC=C(C7CC(C8CCCCC8)CC(C8CCCCC8)C7)CC6)=CC5C5CCCCC54)C=C3)CC(C3=CCCCC3)C2)CCC1. The van der Waals surface area contributed by atoms with Crippen molar-refractivity contribution in [1.82, 2.24) is 4.90 Å². The average Bonchev–Trinajstić information content (AvgIpc) is 4.03. The van der Waals surface area contributed by atoms with Crippen molar-refractivity contribution in [2.24, 2.45) is 71.0 Å². The third-order valence-corrected chi connectivity index (χ3v) is 23.9. The Hall–Kier alpha value is -3.36. The van der Waals surface area contributed by atoms with Gasteiger partial charge in [0.2, 0.25) is 0 Å². The third kappa shape index (κ3) is 9.62. The summed E-state index contributed by atoms with van der Waals surface area (Å²) in [5, 5.41) is 0. The third-order valence-electron chi connectivity index (χ3n) is 23.9. The van der Waals surface area contributed by atoms with Gasteiger partial charge in [0.05, 0.1) is 0 Å². The summed E-state index contributed by atoms with van der Waals surface area (Å²) in [6.45, 7) is 0. The molecule has 13 atom stereocenters. The first-order chi connectivity index (χ1) is 36.7. The molecule has 0 aromatic heterocycles. The Bertz CT molecular complexity index is 2440. The highest BCUT2D eigenvalue weighted by Gasteiger charge is 2.51. The molecular formula is C72H96N2. The van der Waals surface area contributed by atoms with Gasteiger partial charge in [-0.25, -0.2) is 0 Å². The largest absolute Gasteiger partial charge is 0.317 e. The summed E-state index contributed by atoms with van der Waals surface area (Å²) in [5.41, 5.74) is 13.3. The summed E-state index contributed by atoms with van der Waals surface area (Å²) in [7, 11) is 0. The van der Waals surface area contributed by atoms with E-state index < -0.39 is 0 Å². The summed E-state index contributed by atoms with van der Waals surface area (Å²) in [6, 6.07) is 11.4. The maximum Gasteiger partial charge on any atom is 0.0494 e. The van der Waals surface area contributed by atoms with Crippen LogP contribution in [0.25, 0.3) is 0 Å². The minimum Gasteiger partial charge on any atom is -0.317 e. The summed E-state index contributed by atoms with van der Waals surface area (Å²) < 4.78 is 0. The van der Waals surface area contributed by atoms with Gasteiger partial charge in [-0.2, -0.15) is 0 Å². The Kier molecular flexibility index (Phi) is 14.4. The van der Waals surface area contributed by atoms with Crippen LogP contribution in [0.2, 0.25) is 0 Å². The fraction of sp³-hybridized carbons (Fsp3) is 0.667. The second-order valence-electron chi connectivity index (χ2n) is 27.7. The van der Waals surface area contributed by atoms with Crippen molar-refractivity contribution in [3.05, 3.63) is 136 Å². The minimum atomic E-state index is 0.498. The molecule has 1 aromatic rings. The Labute approximate surface area is 450 Å². The molecule has 0 bridgehead atoms. The number of likely N-dealkylation sites (tertiary alicyclic amines) is 1. The monoisotopic (exact) mass is 989 g/mol. The molecule has 2 nitrogen and oxygen atoms in total. The Balaban J connectivity index is 0.670. The minimum absolute atomic E-state index is 0.498. The van der Waals surface area contributed by atoms with E-state index in [1.807, 2.05) is 11.1 Å². The Morgan fingerprint density at radius 1 is 0.486 bits per heavy atom. The highest BCUT2D eigenvalue weighted by molar-refractivity contribution is 5.73. The molecule has 6 fully saturated rings. The maximum absolute atomic E-state index is 3.08. The lowest BCUT2D eigenvalue weighted by molar-refractivity contribution is 0.0860. The summed E-state index contributed by atoms with van der Waals surface area (Å²) in [5.74, 6) is 10.6. The van der Waals surface area contributed by atoms with E-state index in [1.165, 1.54) is 205 Å². The molecule has 13 unspecified atom stereocenters. The van der Waals surface area contributed by atoms with Crippen LogP contribution in [0, 0.1) is 71.0 Å². The van der Waals surface area contributed by atoms with Gasteiger partial charge in [-0.15, -0.1) is 0 Å². The van der Waals surface area contributed by atoms with Gasteiger partial charge in [-0.1, -0.05) is 173 Å². The van der Waals surface area contributed by atoms with E-state index in [1.54, 1.807) is 34.5 Å². The van der Waals surface area contributed by atoms with Crippen molar-refractivity contribution in [2.45, 2.75) is 230 Å². The van der Waals surface area contributed by atoms with Gasteiger partial charge in [0, 0.05) is 47.0 Å². The first-order valence-electron chi connectivity index (χ1n) is 32.6. The second kappa shape index (κ2) is 21.8. The van der Waals surface area contributed by atoms with Crippen LogP contribution in [0.1, 0.15) is 217 Å². The molecule has 394 valence electrons. The number of anilines is 1. The molecule has 13 aliphatic rings. The molecule has 5 saturated carbocycles. The Morgan fingerprint density at radius 3 is 2.01 bits per heavy atom. The topological polar surface area (TPSA) is 6.48 Å². The molecule has 2 aliphatic heterocycles. The van der Waals surface area contributed by atoms with Crippen LogP contribution in [0.3, 0.4) is 0 Å². The van der Waals surface area contributed by atoms with Crippen LogP contribution >= 0.6 is 0 Å². The number of fused-ring (bicyclic) bond motifs is 6. The summed E-state index contributed by atoms with van der Waals surface area (Å²) in [4.78, 5) is 5.85. The number of benzene rings is 1. The Morgan fingerprint density at radius 2 is 1.26 bits per heavy atom. The van der Waals surface area contributed by atoms with Crippen molar-refractivity contribution in [3.8, 4) is 0 Å². The fourth-order valence-electron chi connectivity index (χ4n) is 20.2. The van der Waals surface area contributed by atoms with Crippen LogP contribution in [-0.2, 0) is 0 Å². The molecule has 74 heavy (non-hydrogen) atoms. The van der Waals surface area contributed by atoms with E-state index >= 15 is 0 Å². The number of rotatable bonds is 9. The summed E-state index contributed by atoms with van der Waals surface area (Å²) in [6.07, 6.45) is 77.5. The predicted octanol–water partition coefficient (Wildman–Crippen LogP) is 19.2. The van der Waals surface area contributed by atoms with Gasteiger partial charge >= 0.3 is 0 Å². The number of para-hydroxylation sites is 1. The lowest BCUT2D eigenvalue weighted by atomic mass is 9.61. The van der Waals surface area contributed by atoms with Crippen LogP contribution in [0.15, 0.2) is 131 Å². The van der Waals surface area contributed by atoms with Gasteiger partial charge in [0.25, 0.3) is 0 Å². The molecular weight excluding hydrogens is 893 g/mol. The molecule has 0 amide bonds. The molecule has 2 heteroatoms. The van der Waals surface area contributed by atoms with Gasteiger partial charge in [0.15, 0.2) is 0 Å². The number of allylic oxidation sites excluding steroid dienone is 14. The zero-order valence-corrected chi connectivity index (χ0v) is 46.0. The quantitative estimate of drug-likeness (QED) is 0.228. The van der Waals surface area contributed by atoms with E-state index in [-0.39, 0.29) is 0 Å². The van der Waals surface area contributed by atoms with Crippen molar-refractivity contribution in [3.63, 3.8) is 0 Å². The van der Waals surface area contributed by atoms with Crippen molar-refractivity contribution >= 4 is 5.69 Å². The lowest BCUT2D eigenvalue weighted by Crippen LogP contribution is -2.45. The first kappa shape index (κ1) is 49.0. The maximum atomic E-state index is 3.08. The van der Waals surface area contributed by atoms with E-state index in [0.717, 1.165) is 65.2 Å². The zero-order chi connectivity index (χ0) is 49.0. The highest BCUT2D eigenvalue weighted by atomic mass is 15.3. The van der Waals surface area contributed by atoms with Crippen LogP contribution in [0.5, 0.6) is 0 Å². The molecule has 0 radical (unpaired) electrons. The van der Waals surface area contributed by atoms with Crippen LogP contribution < -0.4 is 4.90 Å². The fourth-order valence-corrected chi connectivity index (χ4v) is 20.2. The van der Waals surface area contributed by atoms with E-state index in [9.17, 15) is 0 Å². The van der Waals surface area contributed by atoms with E-state index in [0.29, 0.717) is 29.8 Å². The molecule has 0 spiro atoms. The van der Waals surface area contributed by atoms with E-state index in [4.69, 9.17) is 0 Å². The standard InChI is InChI=1S/C72H96N2/c1-5-17-49(18-6-1)57-41-58(50-19-7-2-8-20-50)44-61(43-57)53-29-35-63(36-30-53)73-69-27-15-13-25-65(69)67-47-55(33-39-71(67)73)56-34-40-72-68(48-56)66-26-14-16-28-70(66)74(72)64-37-31-54(32-38-64)62-45-59(51-21-9-3-10-22-51)42-60(46-62)52-23-11-4-12-24-52/h5,14,16-17,19,26,28-31,33,35,37,39-40,47,49,51-52,56-63,65,67-69,71H,1-4,6-13,15,18,20-25,27,32,34,36,38,41-46,48H2. The highest BCUT2D eigenvalue weighted by Crippen LogP contribution is 2.57. The van der Waals surface area contributed by atoms with Gasteiger partial charge < -0.3 is 4.90 Å². The van der Waals surface area contributed by atoms with Gasteiger partial charge in [-0.3, -0.25) is 4.90 Å². The molecule has 1 aromatic carbocycles. The number of hydrogen-bond donors (Lipinski definition) is 0. The first-order valence-corrected chi connectivity index (χ1v) is 32.6. The zero-order valence-electron chi connectivity index (χ0n) is 46.0. The smallest absolute Gasteiger partial charge is 0.0494 e. The predicted molar refractivity (Wildman–Crippen MR) is 310 cm³/mol. The lowest BCUT2D eigenvalue weighted by Gasteiger charge is -2.45. The average molecular weight is 990 g/mol. The van der Waals surface area contributed by atoms with Crippen LogP contribution in [0.4, 0.5) is 5.69 Å². The molecule has 0 N–H and O–H groups in total. The van der Waals surface area contributed by atoms with Crippen molar-refractivity contribution in [1.29, 1.82) is 0 Å². The van der Waals surface area contributed by atoms with Gasteiger partial charge in [0.1, 0.15) is 0 Å². The molecule has 1 saturated heterocycles.